The molecule has 1 aromatic rings. The van der Waals surface area contributed by atoms with E-state index in [-0.39, 0.29) is 17.6 Å². The Morgan fingerprint density at radius 2 is 1.15 bits per heavy atom. The molecule has 0 N–H and O–H groups in total. The first-order valence-electron chi connectivity index (χ1n) is 12.8. The highest BCUT2D eigenvalue weighted by Crippen LogP contribution is 2.48. The first kappa shape index (κ1) is 26.0. The van der Waals surface area contributed by atoms with Crippen molar-refractivity contribution < 1.29 is 30.1 Å². The minimum Gasteiger partial charge on any atom is -0.767 e. The number of halogens is 2. The molecule has 0 bridgehead atoms. The normalized spacial score (nSPS) is 23.0. The van der Waals surface area contributed by atoms with Crippen LogP contribution in [0.4, 0.5) is 8.78 Å². The van der Waals surface area contributed by atoms with Crippen LogP contribution < -0.4 is 4.18 Å². The van der Waals surface area contributed by atoms with E-state index in [0.29, 0.717) is 17.0 Å². The van der Waals surface area contributed by atoms with E-state index in [2.05, 4.69) is 0 Å². The lowest BCUT2D eigenvalue weighted by Gasteiger charge is -2.32. The zero-order valence-corrected chi connectivity index (χ0v) is 21.2. The summed E-state index contributed by atoms with van der Waals surface area (Å²) in [7, 11) is -5.72. The van der Waals surface area contributed by atoms with Crippen molar-refractivity contribution >= 4 is 21.2 Å². The maximum absolute atomic E-state index is 14.2. The third-order valence-corrected chi connectivity index (χ3v) is 10.4. The average Bonchev–Trinajstić information content (AvgIpc) is 2.85. The molecule has 1 unspecified atom stereocenters. The van der Waals surface area contributed by atoms with E-state index in [1.54, 1.807) is 0 Å². The van der Waals surface area contributed by atoms with Crippen molar-refractivity contribution in [2.24, 2.45) is 0 Å². The van der Waals surface area contributed by atoms with E-state index >= 15 is 0 Å². The first-order chi connectivity index (χ1) is 16.2. The van der Waals surface area contributed by atoms with Gasteiger partial charge in [-0.15, -0.1) is 0 Å². The lowest BCUT2D eigenvalue weighted by atomic mass is 9.75. The largest absolute Gasteiger partial charge is 0.767 e. The predicted molar refractivity (Wildman–Crippen MR) is 127 cm³/mol. The number of benzene rings is 1. The van der Waals surface area contributed by atoms with Gasteiger partial charge in [0.15, 0.2) is 0 Å². The Labute approximate surface area is 204 Å². The highest BCUT2D eigenvalue weighted by Gasteiger charge is 2.50. The molecule has 3 saturated carbocycles. The van der Waals surface area contributed by atoms with Crippen molar-refractivity contribution in [3.05, 3.63) is 28.8 Å². The summed E-state index contributed by atoms with van der Waals surface area (Å²) >= 11 is -4.15. The van der Waals surface area contributed by atoms with Gasteiger partial charge in [-0.25, -0.2) is 0 Å². The molecule has 0 heterocycles. The Kier molecular flexibility index (Phi) is 8.35. The molecule has 3 aliphatic carbocycles. The van der Waals surface area contributed by atoms with E-state index in [0.717, 1.165) is 95.5 Å². The molecule has 1 aromatic carbocycles. The molecule has 5 nitrogen and oxygen atoms in total. The topological polar surface area (TPSA) is 83.5 Å². The Morgan fingerprint density at radius 3 is 1.53 bits per heavy atom. The molecule has 34 heavy (non-hydrogen) atoms. The Hall–Kier alpha value is -1.06. The van der Waals surface area contributed by atoms with Gasteiger partial charge >= 0.3 is 14.7 Å². The lowest BCUT2D eigenvalue weighted by Crippen LogP contribution is -2.37. The summed E-state index contributed by atoms with van der Waals surface area (Å²) in [5.41, 5.74) is 2.52. The predicted octanol–water partition coefficient (Wildman–Crippen LogP) is 6.97. The van der Waals surface area contributed by atoms with Crippen LogP contribution in [0.1, 0.15) is 131 Å². The van der Waals surface area contributed by atoms with Gasteiger partial charge in [-0.05, 0) is 73.0 Å². The fraction of sp³-hybridized carbons (Fsp3) is 0.760. The van der Waals surface area contributed by atoms with Gasteiger partial charge in [-0.1, -0.05) is 69.9 Å². The van der Waals surface area contributed by atoms with Crippen LogP contribution in [0.2, 0.25) is 0 Å². The molecule has 0 radical (unpaired) electrons. The standard InChI is InChI=1S/C25H36F2O5S2/c26-25(27,33(28)29)34(30,31)32-24-22(19-12-6-2-7-13-19)16-21(18-10-4-1-5-11-18)17-23(24)20-14-8-3-9-15-20/h16-20H,1-15H2,(H,28,29)/p-1. The monoisotopic (exact) mass is 517 g/mol. The maximum Gasteiger partial charge on any atom is 0.443 e. The van der Waals surface area contributed by atoms with Crippen molar-refractivity contribution in [3.8, 4) is 5.75 Å². The molecule has 0 aromatic heterocycles. The number of hydrogen-bond acceptors (Lipinski definition) is 5. The highest BCUT2D eigenvalue weighted by molar-refractivity contribution is 8.02. The molecule has 1 atom stereocenters. The SMILES string of the molecule is O=S([O-])C(F)(F)S(=O)(=O)Oc1c(C2CCCCC2)cc(C2CCCCC2)cc1C1CCCCC1. The van der Waals surface area contributed by atoms with Gasteiger partial charge < -0.3 is 8.74 Å². The quantitative estimate of drug-likeness (QED) is 0.288. The van der Waals surface area contributed by atoms with Crippen LogP contribution in [-0.4, -0.2) is 21.8 Å². The average molecular weight is 518 g/mol. The van der Waals surface area contributed by atoms with Gasteiger partial charge in [-0.3, -0.25) is 4.21 Å². The summed E-state index contributed by atoms with van der Waals surface area (Å²) in [6.07, 6.45) is 15.2. The van der Waals surface area contributed by atoms with Crippen molar-refractivity contribution in [3.63, 3.8) is 0 Å². The summed E-state index contributed by atoms with van der Waals surface area (Å²) in [6, 6.07) is 3.99. The van der Waals surface area contributed by atoms with E-state index in [1.807, 2.05) is 12.1 Å². The zero-order chi connectivity index (χ0) is 24.3. The Morgan fingerprint density at radius 1 is 0.765 bits per heavy atom. The summed E-state index contributed by atoms with van der Waals surface area (Å²) < 4.78 is 75.8. The Balaban J connectivity index is 1.85. The second-order valence-electron chi connectivity index (χ2n) is 10.3. The number of hydrogen-bond donors (Lipinski definition) is 0. The third-order valence-electron chi connectivity index (χ3n) is 8.01. The van der Waals surface area contributed by atoms with Crippen LogP contribution in [0, 0.1) is 0 Å². The fourth-order valence-corrected chi connectivity index (χ4v) is 7.42. The van der Waals surface area contributed by atoms with E-state index in [9.17, 15) is 26.0 Å². The van der Waals surface area contributed by atoms with Crippen LogP contribution in [0.15, 0.2) is 12.1 Å². The molecule has 0 amide bonds. The van der Waals surface area contributed by atoms with Crippen molar-refractivity contribution in [2.45, 2.75) is 119 Å². The molecular formula is C25H35F2O5S2-. The first-order valence-corrected chi connectivity index (χ1v) is 15.3. The molecule has 3 aliphatic rings. The minimum absolute atomic E-state index is 0.0243. The van der Waals surface area contributed by atoms with Gasteiger partial charge in [0.2, 0.25) is 0 Å². The van der Waals surface area contributed by atoms with Crippen LogP contribution in [0.3, 0.4) is 0 Å². The van der Waals surface area contributed by atoms with Crippen LogP contribution >= 0.6 is 0 Å². The van der Waals surface area contributed by atoms with Crippen LogP contribution in [0.5, 0.6) is 5.75 Å². The summed E-state index contributed by atoms with van der Waals surface area (Å²) in [5, 5.41) is 0. The fourth-order valence-electron chi connectivity index (χ4n) is 6.14. The molecule has 0 aliphatic heterocycles. The summed E-state index contributed by atoms with van der Waals surface area (Å²) in [6.45, 7) is 0. The molecule has 0 spiro atoms. The van der Waals surface area contributed by atoms with Crippen LogP contribution in [0.25, 0.3) is 0 Å². The lowest BCUT2D eigenvalue weighted by molar-refractivity contribution is 0.164. The molecule has 3 fully saturated rings. The van der Waals surface area contributed by atoms with Gasteiger partial charge in [-0.2, -0.15) is 17.2 Å². The molecule has 192 valence electrons. The van der Waals surface area contributed by atoms with Crippen molar-refractivity contribution in [2.75, 3.05) is 0 Å². The second kappa shape index (κ2) is 10.9. The van der Waals surface area contributed by atoms with Crippen LogP contribution in [-0.2, 0) is 21.2 Å². The highest BCUT2D eigenvalue weighted by atomic mass is 32.3. The minimum atomic E-state index is -5.72. The van der Waals surface area contributed by atoms with Gasteiger partial charge in [0.25, 0.3) is 0 Å². The van der Waals surface area contributed by atoms with Crippen molar-refractivity contribution in [1.29, 1.82) is 0 Å². The zero-order valence-electron chi connectivity index (χ0n) is 19.6. The van der Waals surface area contributed by atoms with Gasteiger partial charge in [0.05, 0.1) is 0 Å². The van der Waals surface area contributed by atoms with Gasteiger partial charge in [0.1, 0.15) is 5.75 Å². The van der Waals surface area contributed by atoms with E-state index in [1.165, 1.54) is 6.42 Å². The smallest absolute Gasteiger partial charge is 0.443 e. The molecule has 0 saturated heterocycles. The molecular weight excluding hydrogens is 482 g/mol. The number of alkyl halides is 2. The van der Waals surface area contributed by atoms with E-state index in [4.69, 9.17) is 4.18 Å². The Bertz CT molecular complexity index is 938. The van der Waals surface area contributed by atoms with E-state index < -0.39 is 25.8 Å². The summed E-state index contributed by atoms with van der Waals surface area (Å²) in [5.74, 6) is 0.399. The molecule has 4 rings (SSSR count). The maximum atomic E-state index is 14.2. The van der Waals surface area contributed by atoms with Crippen molar-refractivity contribution in [1.82, 2.24) is 0 Å². The molecule has 9 heteroatoms. The second-order valence-corrected chi connectivity index (χ2v) is 13.1. The van der Waals surface area contributed by atoms with Gasteiger partial charge in [0, 0.05) is 11.1 Å². The third kappa shape index (κ3) is 5.51. The summed E-state index contributed by atoms with van der Waals surface area (Å²) in [4.78, 5) is 0. The number of rotatable bonds is 7.